The van der Waals surface area contributed by atoms with Crippen molar-refractivity contribution in [1.82, 2.24) is 9.80 Å². The molecule has 2 aliphatic heterocycles. The zero-order chi connectivity index (χ0) is 23.5. The maximum Gasteiger partial charge on any atom is 0.260 e. The third-order valence-electron chi connectivity index (χ3n) is 6.31. The quantitative estimate of drug-likeness (QED) is 0.539. The van der Waals surface area contributed by atoms with Crippen LogP contribution in [0, 0.1) is 0 Å². The van der Waals surface area contributed by atoms with Crippen molar-refractivity contribution in [3.63, 3.8) is 0 Å². The highest BCUT2D eigenvalue weighted by Gasteiger charge is 2.23. The van der Waals surface area contributed by atoms with Gasteiger partial charge in [-0.25, -0.2) is 0 Å². The minimum absolute atomic E-state index is 0.0570. The number of hydrogen-bond donors (Lipinski definition) is 0. The molecular formula is C26H26ClN3O4. The van der Waals surface area contributed by atoms with Crippen LogP contribution in [0.15, 0.2) is 70.1 Å². The molecule has 8 heteroatoms. The van der Waals surface area contributed by atoms with Gasteiger partial charge in [-0.2, -0.15) is 0 Å². The molecule has 0 aliphatic carbocycles. The lowest BCUT2D eigenvalue weighted by atomic mass is 10.1. The number of hydrogen-bond acceptors (Lipinski definition) is 6. The molecule has 34 heavy (non-hydrogen) atoms. The molecule has 3 heterocycles. The minimum atomic E-state index is -0.279. The summed E-state index contributed by atoms with van der Waals surface area (Å²) < 4.78 is 11.2. The Hall–Kier alpha value is -3.29. The molecule has 0 radical (unpaired) electrons. The largest absolute Gasteiger partial charge is 0.477 e. The smallest absolute Gasteiger partial charge is 0.260 e. The first-order valence-corrected chi connectivity index (χ1v) is 11.7. The molecule has 1 fully saturated rings. The summed E-state index contributed by atoms with van der Waals surface area (Å²) in [7, 11) is 0. The van der Waals surface area contributed by atoms with Crippen LogP contribution in [0.5, 0.6) is 5.75 Å². The van der Waals surface area contributed by atoms with Gasteiger partial charge in [0.2, 0.25) is 11.2 Å². The van der Waals surface area contributed by atoms with Crippen LogP contribution in [0.1, 0.15) is 16.9 Å². The van der Waals surface area contributed by atoms with Crippen molar-refractivity contribution in [3.05, 3.63) is 93.0 Å². The van der Waals surface area contributed by atoms with Gasteiger partial charge >= 0.3 is 0 Å². The van der Waals surface area contributed by atoms with E-state index in [9.17, 15) is 9.59 Å². The van der Waals surface area contributed by atoms with E-state index in [-0.39, 0.29) is 23.7 Å². The van der Waals surface area contributed by atoms with E-state index in [4.69, 9.17) is 20.8 Å². The van der Waals surface area contributed by atoms with Gasteiger partial charge in [0.1, 0.15) is 12.0 Å². The molecule has 0 N–H and O–H groups in total. The highest BCUT2D eigenvalue weighted by molar-refractivity contribution is 6.30. The lowest BCUT2D eigenvalue weighted by molar-refractivity contribution is -0.133. The summed E-state index contributed by atoms with van der Waals surface area (Å²) in [6.07, 6.45) is 1.31. The Balaban J connectivity index is 1.10. The summed E-state index contributed by atoms with van der Waals surface area (Å²) in [4.78, 5) is 31.3. The number of benzene rings is 2. The highest BCUT2D eigenvalue weighted by atomic mass is 35.5. The summed E-state index contributed by atoms with van der Waals surface area (Å²) in [5.41, 5.74) is 3.41. The fourth-order valence-electron chi connectivity index (χ4n) is 4.46. The molecule has 1 aromatic heterocycles. The lowest BCUT2D eigenvalue weighted by Crippen LogP contribution is -2.50. The van der Waals surface area contributed by atoms with E-state index in [1.807, 2.05) is 36.4 Å². The van der Waals surface area contributed by atoms with Gasteiger partial charge in [0.25, 0.3) is 5.91 Å². The molecule has 0 spiro atoms. The van der Waals surface area contributed by atoms with E-state index < -0.39 is 0 Å². The van der Waals surface area contributed by atoms with Gasteiger partial charge in [0.05, 0.1) is 6.54 Å². The number of nitrogens with zero attached hydrogens (tertiary/aromatic N) is 3. The number of piperazine rings is 1. The van der Waals surface area contributed by atoms with E-state index in [2.05, 4.69) is 21.9 Å². The molecule has 2 aromatic carbocycles. The average Bonchev–Trinajstić information content (AvgIpc) is 3.26. The molecule has 1 saturated heterocycles. The lowest BCUT2D eigenvalue weighted by Gasteiger charge is -2.36. The van der Waals surface area contributed by atoms with Gasteiger partial charge in [-0.3, -0.25) is 14.5 Å². The first-order valence-electron chi connectivity index (χ1n) is 11.4. The van der Waals surface area contributed by atoms with E-state index in [1.165, 1.54) is 23.5 Å². The van der Waals surface area contributed by atoms with Crippen LogP contribution >= 0.6 is 11.6 Å². The third kappa shape index (κ3) is 5.11. The standard InChI is InChI=1S/C26H26ClN3O4/c27-21-5-7-22(8-6-21)29-9-11-30(12-10-29)26(32)18-34-25-17-33-23(13-24(25)31)16-28-14-19-3-1-2-4-20(19)15-28/h1-8,13,17H,9-12,14-16,18H2. The fourth-order valence-corrected chi connectivity index (χ4v) is 4.59. The van der Waals surface area contributed by atoms with Crippen molar-refractivity contribution in [1.29, 1.82) is 0 Å². The maximum absolute atomic E-state index is 12.6. The zero-order valence-corrected chi connectivity index (χ0v) is 19.5. The Kier molecular flexibility index (Phi) is 6.56. The van der Waals surface area contributed by atoms with Gasteiger partial charge in [0.15, 0.2) is 6.61 Å². The molecule has 176 valence electrons. The Labute approximate surface area is 203 Å². The second-order valence-electron chi connectivity index (χ2n) is 8.62. The van der Waals surface area contributed by atoms with E-state index in [1.54, 1.807) is 4.90 Å². The number of rotatable bonds is 6. The molecular weight excluding hydrogens is 454 g/mol. The van der Waals surface area contributed by atoms with E-state index >= 15 is 0 Å². The fraction of sp³-hybridized carbons (Fsp3) is 0.308. The van der Waals surface area contributed by atoms with Crippen molar-refractivity contribution in [2.75, 3.05) is 37.7 Å². The number of carbonyl (C=O) groups is 1. The van der Waals surface area contributed by atoms with Gasteiger partial charge in [0, 0.05) is 56.0 Å². The van der Waals surface area contributed by atoms with Crippen LogP contribution in [0.4, 0.5) is 5.69 Å². The molecule has 0 bridgehead atoms. The topological polar surface area (TPSA) is 66.2 Å². The molecule has 0 atom stereocenters. The van der Waals surface area contributed by atoms with Gasteiger partial charge in [-0.1, -0.05) is 35.9 Å². The molecule has 0 unspecified atom stereocenters. The first kappa shape index (κ1) is 22.5. The average molecular weight is 480 g/mol. The SMILES string of the molecule is O=C(COc1coc(CN2Cc3ccccc3C2)cc1=O)N1CCN(c2ccc(Cl)cc2)CC1. The van der Waals surface area contributed by atoms with Crippen LogP contribution in [0.25, 0.3) is 0 Å². The number of amides is 1. The monoisotopic (exact) mass is 479 g/mol. The Morgan fingerprint density at radius 1 is 0.971 bits per heavy atom. The third-order valence-corrected chi connectivity index (χ3v) is 6.57. The number of ether oxygens (including phenoxy) is 1. The normalized spacial score (nSPS) is 15.9. The first-order chi connectivity index (χ1) is 16.5. The molecule has 7 nitrogen and oxygen atoms in total. The molecule has 1 amide bonds. The summed E-state index contributed by atoms with van der Waals surface area (Å²) in [5, 5.41) is 0.703. The van der Waals surface area contributed by atoms with Crippen molar-refractivity contribution < 1.29 is 13.9 Å². The summed E-state index contributed by atoms with van der Waals surface area (Å²) in [6, 6.07) is 17.5. The Morgan fingerprint density at radius 3 is 2.29 bits per heavy atom. The second kappa shape index (κ2) is 9.91. The van der Waals surface area contributed by atoms with Crippen LogP contribution in [0.2, 0.25) is 5.02 Å². The Morgan fingerprint density at radius 2 is 1.65 bits per heavy atom. The van der Waals surface area contributed by atoms with Gasteiger partial charge in [-0.15, -0.1) is 0 Å². The predicted molar refractivity (Wildman–Crippen MR) is 130 cm³/mol. The number of fused-ring (bicyclic) bond motifs is 1. The van der Waals surface area contributed by atoms with Gasteiger partial charge < -0.3 is 19.0 Å². The van der Waals surface area contributed by atoms with Crippen LogP contribution in [0.3, 0.4) is 0 Å². The number of anilines is 1. The summed E-state index contributed by atoms with van der Waals surface area (Å²) >= 11 is 5.96. The van der Waals surface area contributed by atoms with Crippen LogP contribution in [-0.4, -0.2) is 48.5 Å². The number of carbonyl (C=O) groups excluding carboxylic acids is 1. The van der Waals surface area contributed by atoms with Crippen LogP contribution < -0.4 is 15.1 Å². The van der Waals surface area contributed by atoms with Crippen LogP contribution in [-0.2, 0) is 24.4 Å². The van der Waals surface area contributed by atoms with Crippen molar-refractivity contribution in [3.8, 4) is 5.75 Å². The molecule has 3 aromatic rings. The Bertz CT molecular complexity index is 1190. The molecule has 5 rings (SSSR count). The van der Waals surface area contributed by atoms with E-state index in [0.717, 1.165) is 31.9 Å². The van der Waals surface area contributed by atoms with E-state index in [0.29, 0.717) is 30.4 Å². The zero-order valence-electron chi connectivity index (χ0n) is 18.8. The summed E-state index contributed by atoms with van der Waals surface area (Å²) in [6.45, 7) is 4.66. The maximum atomic E-state index is 12.6. The van der Waals surface area contributed by atoms with Crippen molar-refractivity contribution in [2.45, 2.75) is 19.6 Å². The van der Waals surface area contributed by atoms with Crippen molar-refractivity contribution >= 4 is 23.2 Å². The van der Waals surface area contributed by atoms with Crippen molar-refractivity contribution in [2.24, 2.45) is 0 Å². The summed E-state index contributed by atoms with van der Waals surface area (Å²) in [5.74, 6) is 0.491. The van der Waals surface area contributed by atoms with Gasteiger partial charge in [-0.05, 0) is 35.4 Å². The molecule has 2 aliphatic rings. The predicted octanol–water partition coefficient (Wildman–Crippen LogP) is 3.54. The molecule has 0 saturated carbocycles. The highest BCUT2D eigenvalue weighted by Crippen LogP contribution is 2.24. The minimum Gasteiger partial charge on any atom is -0.477 e. The second-order valence-corrected chi connectivity index (χ2v) is 9.06. The number of halogens is 1.